The minimum Gasteiger partial charge on any atom is -0.371 e. The molecule has 0 aliphatic carbocycles. The molecule has 4 aromatic carbocycles. The molecule has 0 aliphatic heterocycles. The Hall–Kier alpha value is -3.16. The third-order valence-corrected chi connectivity index (χ3v) is 8.97. The number of hydrogen-bond donors (Lipinski definition) is 0. The van der Waals surface area contributed by atoms with E-state index in [1.54, 1.807) is 0 Å². The zero-order chi connectivity index (χ0) is 28.3. The van der Waals surface area contributed by atoms with Crippen molar-refractivity contribution < 1.29 is 4.74 Å². The minimum absolute atomic E-state index is 0.120. The molecule has 1 nitrogen and oxygen atoms in total. The van der Waals surface area contributed by atoms with Gasteiger partial charge in [-0.3, -0.25) is 0 Å². The summed E-state index contributed by atoms with van der Waals surface area (Å²) < 4.78 is 7.73. The van der Waals surface area contributed by atoms with Gasteiger partial charge in [0.2, 0.25) is 0 Å². The molecule has 0 saturated heterocycles. The molecule has 0 aromatic heterocycles. The second-order valence-electron chi connectivity index (χ2n) is 13.2. The van der Waals surface area contributed by atoms with Crippen molar-refractivity contribution in [2.24, 2.45) is 0 Å². The Bertz CT molecular complexity index is 1090. The van der Waals surface area contributed by atoms with E-state index in [0.717, 1.165) is 0 Å². The maximum absolute atomic E-state index is 7.73. The molecule has 4 aromatic rings. The Labute approximate surface area is 237 Å². The van der Waals surface area contributed by atoms with Gasteiger partial charge in [-0.25, -0.2) is 0 Å². The lowest BCUT2D eigenvalue weighted by atomic mass is 9.63. The van der Waals surface area contributed by atoms with E-state index >= 15 is 0 Å². The highest BCUT2D eigenvalue weighted by Gasteiger charge is 2.51. The maximum Gasteiger partial charge on any atom is 0.0762 e. The van der Waals surface area contributed by atoms with E-state index in [1.165, 1.54) is 22.3 Å². The molecule has 39 heavy (non-hydrogen) atoms. The average molecular weight is 519 g/mol. The summed E-state index contributed by atoms with van der Waals surface area (Å²) in [7, 11) is 0. The van der Waals surface area contributed by atoms with Crippen molar-refractivity contribution in [2.45, 2.75) is 89.3 Å². The van der Waals surface area contributed by atoms with E-state index in [9.17, 15) is 0 Å². The van der Waals surface area contributed by atoms with Crippen LogP contribution in [0.15, 0.2) is 121 Å². The van der Waals surface area contributed by atoms with Gasteiger partial charge in [-0.2, -0.15) is 0 Å². The van der Waals surface area contributed by atoms with Crippen molar-refractivity contribution >= 4 is 0 Å². The van der Waals surface area contributed by atoms with Gasteiger partial charge in [0.05, 0.1) is 12.2 Å². The second-order valence-corrected chi connectivity index (χ2v) is 13.2. The average Bonchev–Trinajstić information content (AvgIpc) is 2.94. The van der Waals surface area contributed by atoms with Gasteiger partial charge in [0.25, 0.3) is 0 Å². The molecule has 204 valence electrons. The largest absolute Gasteiger partial charge is 0.371 e. The monoisotopic (exact) mass is 518 g/mol. The lowest BCUT2D eigenvalue weighted by molar-refractivity contribution is -0.131. The van der Waals surface area contributed by atoms with Crippen molar-refractivity contribution in [3.63, 3.8) is 0 Å². The van der Waals surface area contributed by atoms with Crippen molar-refractivity contribution in [2.75, 3.05) is 0 Å². The van der Waals surface area contributed by atoms with Gasteiger partial charge >= 0.3 is 0 Å². The molecule has 0 bridgehead atoms. The minimum atomic E-state index is -0.265. The maximum atomic E-state index is 7.73. The first-order valence-electron chi connectivity index (χ1n) is 14.3. The van der Waals surface area contributed by atoms with Crippen LogP contribution in [0.3, 0.4) is 0 Å². The quantitative estimate of drug-likeness (QED) is 0.203. The van der Waals surface area contributed by atoms with Crippen LogP contribution < -0.4 is 0 Å². The Morgan fingerprint density at radius 1 is 0.333 bits per heavy atom. The van der Waals surface area contributed by atoms with Crippen LogP contribution in [0.4, 0.5) is 0 Å². The molecule has 0 atom stereocenters. The van der Waals surface area contributed by atoms with E-state index < -0.39 is 0 Å². The zero-order valence-corrected chi connectivity index (χ0v) is 25.1. The van der Waals surface area contributed by atoms with Crippen LogP contribution in [0.1, 0.15) is 77.6 Å². The van der Waals surface area contributed by atoms with Crippen molar-refractivity contribution in [3.05, 3.63) is 144 Å². The van der Waals surface area contributed by atoms with Gasteiger partial charge in [-0.15, -0.1) is 0 Å². The van der Waals surface area contributed by atoms with Crippen molar-refractivity contribution in [3.8, 4) is 0 Å². The second kappa shape index (κ2) is 11.1. The van der Waals surface area contributed by atoms with E-state index in [1.807, 2.05) is 0 Å². The Morgan fingerprint density at radius 3 is 0.692 bits per heavy atom. The Morgan fingerprint density at radius 2 is 0.513 bits per heavy atom. The highest BCUT2D eigenvalue weighted by atomic mass is 16.5. The van der Waals surface area contributed by atoms with Gasteiger partial charge in [0.1, 0.15) is 0 Å². The number of ether oxygens (including phenoxy) is 1. The Balaban J connectivity index is 1.93. The summed E-state index contributed by atoms with van der Waals surface area (Å²) in [6.07, 6.45) is -0.239. The first kappa shape index (κ1) is 28.8. The molecule has 1 heteroatoms. The highest BCUT2D eigenvalue weighted by molar-refractivity contribution is 5.36. The molecule has 0 radical (unpaired) electrons. The normalized spacial score (nSPS) is 13.2. The van der Waals surface area contributed by atoms with Crippen LogP contribution in [-0.2, 0) is 26.4 Å². The fourth-order valence-corrected chi connectivity index (χ4v) is 6.70. The summed E-state index contributed by atoms with van der Waals surface area (Å²) in [6, 6.07) is 43.5. The first-order chi connectivity index (χ1) is 18.4. The third-order valence-electron chi connectivity index (χ3n) is 8.97. The SMILES string of the molecule is CC(C)(c1ccccc1)C(OC(C(C)(C)c1ccccc1)C(C)(C)c1ccccc1)C(C)(C)c1ccccc1. The molecule has 0 aliphatic rings. The summed E-state index contributed by atoms with van der Waals surface area (Å²) in [5.41, 5.74) is 4.08. The number of hydrogen-bond acceptors (Lipinski definition) is 1. The Kier molecular flexibility index (Phi) is 8.24. The molecular formula is C38H46O. The molecule has 0 N–H and O–H groups in total. The molecule has 0 heterocycles. The number of rotatable bonds is 10. The van der Waals surface area contributed by atoms with Crippen LogP contribution in [0, 0.1) is 0 Å². The third kappa shape index (κ3) is 5.75. The van der Waals surface area contributed by atoms with E-state index in [0.29, 0.717) is 0 Å². The zero-order valence-electron chi connectivity index (χ0n) is 25.1. The summed E-state index contributed by atoms with van der Waals surface area (Å²) in [5, 5.41) is 0. The molecule has 0 saturated carbocycles. The van der Waals surface area contributed by atoms with E-state index in [2.05, 4.69) is 177 Å². The van der Waals surface area contributed by atoms with Crippen LogP contribution >= 0.6 is 0 Å². The fraction of sp³-hybridized carbons (Fsp3) is 0.368. The smallest absolute Gasteiger partial charge is 0.0762 e. The molecule has 0 amide bonds. The summed E-state index contributed by atoms with van der Waals surface area (Å²) >= 11 is 0. The lowest BCUT2D eigenvalue weighted by Gasteiger charge is -2.52. The van der Waals surface area contributed by atoms with Crippen LogP contribution in [0.25, 0.3) is 0 Å². The summed E-state index contributed by atoms with van der Waals surface area (Å²) in [5.74, 6) is 0. The van der Waals surface area contributed by atoms with Gasteiger partial charge in [0, 0.05) is 21.7 Å². The topological polar surface area (TPSA) is 9.23 Å². The molecule has 0 fully saturated rings. The standard InChI is InChI=1S/C38H46O/c1-35(2,29-21-13-9-14-22-29)33(36(3,4)30-23-15-10-16-24-30)39-34(37(5,6)31-25-17-11-18-26-31)38(7,8)32-27-19-12-20-28-32/h9-28,33-34H,1-8H3. The highest BCUT2D eigenvalue weighted by Crippen LogP contribution is 2.48. The van der Waals surface area contributed by atoms with E-state index in [-0.39, 0.29) is 33.9 Å². The summed E-state index contributed by atoms with van der Waals surface area (Å²) in [4.78, 5) is 0. The van der Waals surface area contributed by atoms with Gasteiger partial charge in [-0.1, -0.05) is 177 Å². The van der Waals surface area contributed by atoms with Crippen LogP contribution in [-0.4, -0.2) is 12.2 Å². The van der Waals surface area contributed by atoms with Crippen molar-refractivity contribution in [1.82, 2.24) is 0 Å². The lowest BCUT2D eigenvalue weighted by Crippen LogP contribution is -2.57. The van der Waals surface area contributed by atoms with Crippen LogP contribution in [0.2, 0.25) is 0 Å². The predicted molar refractivity (Wildman–Crippen MR) is 167 cm³/mol. The van der Waals surface area contributed by atoms with Gasteiger partial charge < -0.3 is 4.74 Å². The first-order valence-corrected chi connectivity index (χ1v) is 14.3. The molecule has 0 unspecified atom stereocenters. The van der Waals surface area contributed by atoms with Crippen molar-refractivity contribution in [1.29, 1.82) is 0 Å². The summed E-state index contributed by atoms with van der Waals surface area (Å²) in [6.45, 7) is 18.8. The molecule has 0 spiro atoms. The number of benzene rings is 4. The van der Waals surface area contributed by atoms with E-state index in [4.69, 9.17) is 4.74 Å². The van der Waals surface area contributed by atoms with Crippen LogP contribution in [0.5, 0.6) is 0 Å². The fourth-order valence-electron chi connectivity index (χ4n) is 6.70. The molecular weight excluding hydrogens is 472 g/mol. The predicted octanol–water partition coefficient (Wildman–Crippen LogP) is 9.65. The van der Waals surface area contributed by atoms with Gasteiger partial charge in [-0.05, 0) is 22.3 Å². The van der Waals surface area contributed by atoms with Gasteiger partial charge in [0.15, 0.2) is 0 Å². The molecule has 4 rings (SSSR count).